The van der Waals surface area contributed by atoms with Crippen LogP contribution in [0.15, 0.2) is 0 Å². The number of alkyl halides is 1. The fourth-order valence-electron chi connectivity index (χ4n) is 1.63. The first-order valence-corrected chi connectivity index (χ1v) is 4.57. The maximum atomic E-state index is 12.2. The predicted octanol–water partition coefficient (Wildman–Crippen LogP) is 1.31. The normalized spacial score (nSPS) is 20.6. The van der Waals surface area contributed by atoms with Gasteiger partial charge < -0.3 is 10.0 Å². The highest BCUT2D eigenvalue weighted by Gasteiger charge is 2.37. The van der Waals surface area contributed by atoms with Crippen LogP contribution in [0.3, 0.4) is 0 Å². The molecule has 5 heteroatoms. The van der Waals surface area contributed by atoms with Crippen molar-refractivity contribution >= 4 is 11.9 Å². The second-order valence-corrected chi connectivity index (χ2v) is 3.89. The van der Waals surface area contributed by atoms with Crippen LogP contribution in [0, 0.1) is 5.41 Å². The molecule has 0 bridgehead atoms. The van der Waals surface area contributed by atoms with Crippen molar-refractivity contribution in [3.05, 3.63) is 0 Å². The Morgan fingerprint density at radius 3 is 2.29 bits per heavy atom. The molecule has 1 fully saturated rings. The van der Waals surface area contributed by atoms with Crippen LogP contribution in [0.2, 0.25) is 0 Å². The fourth-order valence-corrected chi connectivity index (χ4v) is 1.63. The molecule has 80 valence electrons. The summed E-state index contributed by atoms with van der Waals surface area (Å²) in [5, 5.41) is 8.67. The first-order valence-electron chi connectivity index (χ1n) is 4.57. The lowest BCUT2D eigenvalue weighted by Crippen LogP contribution is -2.45. The Labute approximate surface area is 81.7 Å². The van der Waals surface area contributed by atoms with E-state index in [4.69, 9.17) is 5.11 Å². The first kappa shape index (κ1) is 10.9. The van der Waals surface area contributed by atoms with E-state index in [1.54, 1.807) is 6.92 Å². The Hall–Kier alpha value is -1.13. The van der Waals surface area contributed by atoms with Gasteiger partial charge in [0.2, 0.25) is 0 Å². The zero-order valence-electron chi connectivity index (χ0n) is 8.12. The largest absolute Gasteiger partial charge is 0.465 e. The average Bonchev–Trinajstić information content (AvgIpc) is 2.17. The smallest absolute Gasteiger partial charge is 0.407 e. The van der Waals surface area contributed by atoms with Gasteiger partial charge in [-0.3, -0.25) is 4.79 Å². The van der Waals surface area contributed by atoms with Crippen molar-refractivity contribution in [1.82, 2.24) is 4.90 Å². The van der Waals surface area contributed by atoms with Crippen LogP contribution in [0.4, 0.5) is 9.18 Å². The molecule has 0 spiro atoms. The standard InChI is InChI=1S/C9H14FNO3/c1-9(7(12)6-10)2-4-11(5-3-9)8(13)14/h2-6H2,1H3,(H,13,14). The summed E-state index contributed by atoms with van der Waals surface area (Å²) in [7, 11) is 0. The van der Waals surface area contributed by atoms with E-state index in [0.717, 1.165) is 0 Å². The van der Waals surface area contributed by atoms with Gasteiger partial charge in [-0.15, -0.1) is 0 Å². The SMILES string of the molecule is CC1(C(=O)CF)CCN(C(=O)O)CC1. The number of ketones is 1. The van der Waals surface area contributed by atoms with Crippen LogP contribution in [0.5, 0.6) is 0 Å². The van der Waals surface area contributed by atoms with Crippen molar-refractivity contribution < 1.29 is 19.1 Å². The van der Waals surface area contributed by atoms with E-state index in [1.165, 1.54) is 4.90 Å². The van der Waals surface area contributed by atoms with Gasteiger partial charge in [-0.25, -0.2) is 9.18 Å². The van der Waals surface area contributed by atoms with Crippen LogP contribution in [-0.2, 0) is 4.79 Å². The summed E-state index contributed by atoms with van der Waals surface area (Å²) in [6.07, 6.45) is -0.135. The number of amides is 1. The van der Waals surface area contributed by atoms with Crippen LogP contribution < -0.4 is 0 Å². The number of piperidine rings is 1. The predicted molar refractivity (Wildman–Crippen MR) is 47.9 cm³/mol. The summed E-state index contributed by atoms with van der Waals surface area (Å²) >= 11 is 0. The van der Waals surface area contributed by atoms with E-state index in [9.17, 15) is 14.0 Å². The van der Waals surface area contributed by atoms with Crippen molar-refractivity contribution in [2.45, 2.75) is 19.8 Å². The van der Waals surface area contributed by atoms with Crippen molar-refractivity contribution in [3.63, 3.8) is 0 Å². The Balaban J connectivity index is 2.57. The molecule has 1 aliphatic heterocycles. The van der Waals surface area contributed by atoms with Crippen LogP contribution in [0.1, 0.15) is 19.8 Å². The molecule has 14 heavy (non-hydrogen) atoms. The quantitative estimate of drug-likeness (QED) is 0.736. The third-order valence-corrected chi connectivity index (χ3v) is 2.93. The molecule has 0 radical (unpaired) electrons. The van der Waals surface area contributed by atoms with Crippen LogP contribution in [-0.4, -0.2) is 41.6 Å². The van der Waals surface area contributed by atoms with E-state index in [-0.39, 0.29) is 0 Å². The number of rotatable bonds is 2. The van der Waals surface area contributed by atoms with Gasteiger partial charge in [0.25, 0.3) is 0 Å². The van der Waals surface area contributed by atoms with Crippen LogP contribution in [0.25, 0.3) is 0 Å². The van der Waals surface area contributed by atoms with E-state index in [2.05, 4.69) is 0 Å². The van der Waals surface area contributed by atoms with Gasteiger partial charge in [-0.05, 0) is 12.8 Å². The molecule has 1 amide bonds. The Morgan fingerprint density at radius 2 is 1.93 bits per heavy atom. The lowest BCUT2D eigenvalue weighted by atomic mass is 9.77. The number of carbonyl (C=O) groups excluding carboxylic acids is 1. The molecule has 1 saturated heterocycles. The Morgan fingerprint density at radius 1 is 1.43 bits per heavy atom. The zero-order chi connectivity index (χ0) is 10.8. The second kappa shape index (κ2) is 3.94. The maximum absolute atomic E-state index is 12.2. The van der Waals surface area contributed by atoms with E-state index < -0.39 is 24.0 Å². The first-order chi connectivity index (χ1) is 6.49. The molecule has 0 aliphatic carbocycles. The molecule has 1 heterocycles. The Bertz CT molecular complexity index is 246. The fraction of sp³-hybridized carbons (Fsp3) is 0.778. The van der Waals surface area contributed by atoms with E-state index in [0.29, 0.717) is 25.9 Å². The molecule has 1 aliphatic rings. The molecule has 0 unspecified atom stereocenters. The number of likely N-dealkylation sites (tertiary alicyclic amines) is 1. The second-order valence-electron chi connectivity index (χ2n) is 3.89. The minimum absolute atomic E-state index is 0.317. The van der Waals surface area contributed by atoms with Crippen molar-refractivity contribution in [3.8, 4) is 0 Å². The summed E-state index contributed by atoms with van der Waals surface area (Å²) in [5.41, 5.74) is -0.666. The highest BCUT2D eigenvalue weighted by Crippen LogP contribution is 2.31. The van der Waals surface area contributed by atoms with E-state index in [1.807, 2.05) is 0 Å². The number of carboxylic acid groups (broad SMARTS) is 1. The van der Waals surface area contributed by atoms with Gasteiger partial charge in [0.05, 0.1) is 0 Å². The summed E-state index contributed by atoms with van der Waals surface area (Å²) in [6.45, 7) is 1.38. The highest BCUT2D eigenvalue weighted by atomic mass is 19.1. The van der Waals surface area contributed by atoms with Crippen molar-refractivity contribution in [1.29, 1.82) is 0 Å². The molecule has 4 nitrogen and oxygen atoms in total. The van der Waals surface area contributed by atoms with Gasteiger partial charge in [-0.2, -0.15) is 0 Å². The molecule has 0 aromatic rings. The lowest BCUT2D eigenvalue weighted by molar-refractivity contribution is -0.131. The zero-order valence-corrected chi connectivity index (χ0v) is 8.12. The molecular weight excluding hydrogens is 189 g/mol. The summed E-state index contributed by atoms with van der Waals surface area (Å²) in [6, 6.07) is 0. The molecule has 0 atom stereocenters. The monoisotopic (exact) mass is 203 g/mol. The van der Waals surface area contributed by atoms with Gasteiger partial charge in [0.15, 0.2) is 5.78 Å². The molecule has 0 saturated carbocycles. The minimum Gasteiger partial charge on any atom is -0.465 e. The number of Topliss-reactive ketones (excluding diaryl/α,β-unsaturated/α-hetero) is 1. The minimum atomic E-state index is -0.972. The van der Waals surface area contributed by atoms with Crippen molar-refractivity contribution in [2.75, 3.05) is 19.8 Å². The van der Waals surface area contributed by atoms with Gasteiger partial charge in [-0.1, -0.05) is 6.92 Å². The Kier molecular flexibility index (Phi) is 3.08. The highest BCUT2D eigenvalue weighted by molar-refractivity contribution is 5.85. The number of nitrogens with zero attached hydrogens (tertiary/aromatic N) is 1. The van der Waals surface area contributed by atoms with Crippen molar-refractivity contribution in [2.24, 2.45) is 5.41 Å². The van der Waals surface area contributed by atoms with E-state index >= 15 is 0 Å². The molecule has 1 rings (SSSR count). The lowest BCUT2D eigenvalue weighted by Gasteiger charge is -2.36. The average molecular weight is 203 g/mol. The number of hydrogen-bond acceptors (Lipinski definition) is 2. The number of halogens is 1. The maximum Gasteiger partial charge on any atom is 0.407 e. The van der Waals surface area contributed by atoms with Gasteiger partial charge in [0.1, 0.15) is 6.67 Å². The van der Waals surface area contributed by atoms with Crippen LogP contribution >= 0.6 is 0 Å². The molecule has 1 N–H and O–H groups in total. The topological polar surface area (TPSA) is 57.6 Å². The number of carbonyl (C=O) groups is 2. The van der Waals surface area contributed by atoms with Gasteiger partial charge in [0, 0.05) is 18.5 Å². The molecule has 0 aromatic heterocycles. The third kappa shape index (κ3) is 2.02. The third-order valence-electron chi connectivity index (χ3n) is 2.93. The number of hydrogen-bond donors (Lipinski definition) is 1. The summed E-state index contributed by atoms with van der Waals surface area (Å²) in [5.74, 6) is -0.414. The molecule has 0 aromatic carbocycles. The molecular formula is C9H14FNO3. The summed E-state index contributed by atoms with van der Waals surface area (Å²) < 4.78 is 12.2. The summed E-state index contributed by atoms with van der Waals surface area (Å²) in [4.78, 5) is 23.1. The van der Waals surface area contributed by atoms with Gasteiger partial charge >= 0.3 is 6.09 Å².